The fraction of sp³-hybridized carbons (Fsp3) is 0.263. The van der Waals surface area contributed by atoms with Crippen LogP contribution in [0.3, 0.4) is 0 Å². The van der Waals surface area contributed by atoms with Gasteiger partial charge in [0, 0.05) is 36.5 Å². The van der Waals surface area contributed by atoms with Crippen LogP contribution in [-0.2, 0) is 10.5 Å². The van der Waals surface area contributed by atoms with Crippen LogP contribution in [0.25, 0.3) is 0 Å². The molecule has 0 fully saturated rings. The van der Waals surface area contributed by atoms with Crippen LogP contribution in [0.15, 0.2) is 48.5 Å². The molecule has 2 aromatic carbocycles. The molecule has 0 heterocycles. The lowest BCUT2D eigenvalue weighted by molar-refractivity contribution is -0.120. The van der Waals surface area contributed by atoms with Crippen LogP contribution in [-0.4, -0.2) is 24.0 Å². The molecular weight excluding hydrogens is 344 g/mol. The SMILES string of the molecule is O=C(CCC(=O)c1ccc(F)cc1)NCCSCc1ccccc1F. The van der Waals surface area contributed by atoms with E-state index in [-0.39, 0.29) is 30.3 Å². The van der Waals surface area contributed by atoms with Gasteiger partial charge in [-0.2, -0.15) is 11.8 Å². The van der Waals surface area contributed by atoms with E-state index in [0.717, 1.165) is 0 Å². The minimum Gasteiger partial charge on any atom is -0.355 e. The number of ketones is 1. The Morgan fingerprint density at radius 1 is 0.960 bits per heavy atom. The third-order valence-electron chi connectivity index (χ3n) is 3.53. The van der Waals surface area contributed by atoms with Gasteiger partial charge in [0.2, 0.25) is 5.91 Å². The Kier molecular flexibility index (Phi) is 7.60. The molecule has 0 aromatic heterocycles. The fourth-order valence-electron chi connectivity index (χ4n) is 2.16. The van der Waals surface area contributed by atoms with E-state index in [2.05, 4.69) is 5.32 Å². The highest BCUT2D eigenvalue weighted by Crippen LogP contribution is 2.14. The van der Waals surface area contributed by atoms with Crippen LogP contribution in [0, 0.1) is 11.6 Å². The number of halogens is 2. The number of rotatable bonds is 9. The molecule has 0 saturated carbocycles. The van der Waals surface area contributed by atoms with Crippen molar-refractivity contribution in [3.63, 3.8) is 0 Å². The standard InChI is InChI=1S/C19H19F2NO2S/c20-16-7-5-14(6-8-16)18(23)9-10-19(24)22-11-12-25-13-15-3-1-2-4-17(15)21/h1-8H,9-13H2,(H,22,24). The minimum absolute atomic E-state index is 0.0832. The van der Waals surface area contributed by atoms with Gasteiger partial charge in [0.1, 0.15) is 11.6 Å². The van der Waals surface area contributed by atoms with Crippen LogP contribution in [0.2, 0.25) is 0 Å². The Morgan fingerprint density at radius 3 is 2.40 bits per heavy atom. The van der Waals surface area contributed by atoms with E-state index in [9.17, 15) is 18.4 Å². The van der Waals surface area contributed by atoms with Gasteiger partial charge in [-0.25, -0.2) is 8.78 Å². The summed E-state index contributed by atoms with van der Waals surface area (Å²) >= 11 is 1.53. The van der Waals surface area contributed by atoms with Crippen molar-refractivity contribution in [3.05, 3.63) is 71.3 Å². The van der Waals surface area contributed by atoms with Gasteiger partial charge < -0.3 is 5.32 Å². The maximum atomic E-state index is 13.4. The largest absolute Gasteiger partial charge is 0.355 e. The zero-order valence-corrected chi connectivity index (χ0v) is 14.5. The zero-order chi connectivity index (χ0) is 18.1. The van der Waals surface area contributed by atoms with Gasteiger partial charge in [-0.1, -0.05) is 18.2 Å². The number of carbonyl (C=O) groups excluding carboxylic acids is 2. The second kappa shape index (κ2) is 9.93. The third-order valence-corrected chi connectivity index (χ3v) is 4.54. The van der Waals surface area contributed by atoms with Crippen LogP contribution < -0.4 is 5.32 Å². The highest BCUT2D eigenvalue weighted by Gasteiger charge is 2.09. The van der Waals surface area contributed by atoms with Crippen LogP contribution in [0.4, 0.5) is 8.78 Å². The third kappa shape index (κ3) is 6.66. The summed E-state index contributed by atoms with van der Waals surface area (Å²) in [6.07, 6.45) is 0.175. The molecule has 0 aliphatic rings. The van der Waals surface area contributed by atoms with Crippen LogP contribution in [0.1, 0.15) is 28.8 Å². The predicted octanol–water partition coefficient (Wildman–Crippen LogP) is 3.98. The van der Waals surface area contributed by atoms with E-state index >= 15 is 0 Å². The number of amides is 1. The second-order valence-electron chi connectivity index (χ2n) is 5.42. The number of thioether (sulfide) groups is 1. The lowest BCUT2D eigenvalue weighted by Crippen LogP contribution is -2.26. The Balaban J connectivity index is 1.60. The first kappa shape index (κ1) is 19.1. The number of hydrogen-bond acceptors (Lipinski definition) is 3. The molecule has 1 amide bonds. The van der Waals surface area contributed by atoms with Crippen molar-refractivity contribution < 1.29 is 18.4 Å². The number of Topliss-reactive ketones (excluding diaryl/α,β-unsaturated/α-hetero) is 1. The maximum Gasteiger partial charge on any atom is 0.220 e. The summed E-state index contributed by atoms with van der Waals surface area (Å²) < 4.78 is 26.2. The van der Waals surface area contributed by atoms with Gasteiger partial charge in [-0.05, 0) is 35.9 Å². The van der Waals surface area contributed by atoms with Crippen LogP contribution >= 0.6 is 11.8 Å². The molecule has 0 spiro atoms. The van der Waals surface area contributed by atoms with E-state index in [1.165, 1.54) is 42.1 Å². The molecule has 0 bridgehead atoms. The second-order valence-corrected chi connectivity index (χ2v) is 6.53. The maximum absolute atomic E-state index is 13.4. The molecule has 6 heteroatoms. The van der Waals surface area contributed by atoms with Crippen molar-refractivity contribution in [1.82, 2.24) is 5.32 Å². The van der Waals surface area contributed by atoms with Crippen molar-refractivity contribution in [1.29, 1.82) is 0 Å². The Bertz CT molecular complexity index is 720. The van der Waals surface area contributed by atoms with E-state index < -0.39 is 5.82 Å². The van der Waals surface area contributed by atoms with Crippen LogP contribution in [0.5, 0.6) is 0 Å². The number of carbonyl (C=O) groups is 2. The molecular formula is C19H19F2NO2S. The molecule has 0 radical (unpaired) electrons. The lowest BCUT2D eigenvalue weighted by Gasteiger charge is -2.06. The number of nitrogens with one attached hydrogen (secondary N) is 1. The summed E-state index contributed by atoms with van der Waals surface area (Å²) in [6, 6.07) is 11.9. The molecule has 1 N–H and O–H groups in total. The first-order valence-corrected chi connectivity index (χ1v) is 9.08. The molecule has 0 saturated heterocycles. The average molecular weight is 363 g/mol. The van der Waals surface area contributed by atoms with Gasteiger partial charge >= 0.3 is 0 Å². The van der Waals surface area contributed by atoms with Gasteiger partial charge in [-0.3, -0.25) is 9.59 Å². The van der Waals surface area contributed by atoms with Gasteiger partial charge in [0.15, 0.2) is 5.78 Å². The predicted molar refractivity (Wildman–Crippen MR) is 95.5 cm³/mol. The molecule has 2 rings (SSSR count). The van der Waals surface area contributed by atoms with Gasteiger partial charge in [0.05, 0.1) is 0 Å². The minimum atomic E-state index is -0.401. The molecule has 0 aliphatic heterocycles. The first-order chi connectivity index (χ1) is 12.1. The average Bonchev–Trinajstić information content (AvgIpc) is 2.61. The Morgan fingerprint density at radius 2 is 1.68 bits per heavy atom. The molecule has 0 aliphatic carbocycles. The van der Waals surface area contributed by atoms with E-state index in [4.69, 9.17) is 0 Å². The van der Waals surface area contributed by atoms with Gasteiger partial charge in [-0.15, -0.1) is 0 Å². The highest BCUT2D eigenvalue weighted by molar-refractivity contribution is 7.98. The van der Waals surface area contributed by atoms with Crippen molar-refractivity contribution in [3.8, 4) is 0 Å². The molecule has 3 nitrogen and oxygen atoms in total. The van der Waals surface area contributed by atoms with Crippen molar-refractivity contribution in [2.45, 2.75) is 18.6 Å². The molecule has 0 unspecified atom stereocenters. The molecule has 25 heavy (non-hydrogen) atoms. The Hall–Kier alpha value is -2.21. The smallest absolute Gasteiger partial charge is 0.220 e. The van der Waals surface area contributed by atoms with E-state index in [1.54, 1.807) is 18.2 Å². The molecule has 0 atom stereocenters. The summed E-state index contributed by atoms with van der Waals surface area (Å²) in [5.41, 5.74) is 1.04. The van der Waals surface area contributed by atoms with Crippen molar-refractivity contribution >= 4 is 23.5 Å². The van der Waals surface area contributed by atoms with E-state index in [1.807, 2.05) is 0 Å². The highest BCUT2D eigenvalue weighted by atomic mass is 32.2. The Labute approximate surface area is 149 Å². The number of benzene rings is 2. The van der Waals surface area contributed by atoms with E-state index in [0.29, 0.717) is 29.2 Å². The first-order valence-electron chi connectivity index (χ1n) is 7.93. The molecule has 132 valence electrons. The monoisotopic (exact) mass is 363 g/mol. The van der Waals surface area contributed by atoms with Gasteiger partial charge in [0.25, 0.3) is 0 Å². The fourth-order valence-corrected chi connectivity index (χ4v) is 3.00. The summed E-state index contributed by atoms with van der Waals surface area (Å²) in [6.45, 7) is 0.461. The summed E-state index contributed by atoms with van der Waals surface area (Å²) in [5, 5.41) is 2.73. The lowest BCUT2D eigenvalue weighted by atomic mass is 10.1. The summed E-state index contributed by atoms with van der Waals surface area (Å²) in [4.78, 5) is 23.6. The quantitative estimate of drug-likeness (QED) is 0.541. The molecule has 2 aromatic rings. The normalized spacial score (nSPS) is 10.5. The summed E-state index contributed by atoms with van der Waals surface area (Å²) in [7, 11) is 0. The van der Waals surface area contributed by atoms with Crippen molar-refractivity contribution in [2.75, 3.05) is 12.3 Å². The zero-order valence-electron chi connectivity index (χ0n) is 13.6. The van der Waals surface area contributed by atoms with Crippen molar-refractivity contribution in [2.24, 2.45) is 0 Å². The topological polar surface area (TPSA) is 46.2 Å². The number of hydrogen-bond donors (Lipinski definition) is 1. The summed E-state index contributed by atoms with van der Waals surface area (Å²) in [5.74, 6) is 0.184.